The first-order chi connectivity index (χ1) is 9.28. The smallest absolute Gasteiger partial charge is 0.244 e. The van der Waals surface area contributed by atoms with Crippen LogP contribution in [0.15, 0.2) is 23.1 Å². The largest absolute Gasteiger partial charge is 0.398 e. The van der Waals surface area contributed by atoms with Crippen LogP contribution < -0.4 is 10.5 Å². The van der Waals surface area contributed by atoms with Crippen LogP contribution in [0.1, 0.15) is 19.3 Å². The molecule has 2 rings (SSSR count). The summed E-state index contributed by atoms with van der Waals surface area (Å²) in [6.45, 7) is 0.368. The number of anilines is 1. The summed E-state index contributed by atoms with van der Waals surface area (Å²) < 4.78 is 27.4. The highest BCUT2D eigenvalue weighted by Crippen LogP contribution is 2.36. The van der Waals surface area contributed by atoms with E-state index >= 15 is 0 Å². The van der Waals surface area contributed by atoms with Crippen molar-refractivity contribution in [3.05, 3.63) is 23.2 Å². The fourth-order valence-electron chi connectivity index (χ4n) is 2.48. The Balaban J connectivity index is 2.20. The highest BCUT2D eigenvalue weighted by atomic mass is 35.5. The van der Waals surface area contributed by atoms with E-state index in [-0.39, 0.29) is 21.1 Å². The van der Waals surface area contributed by atoms with Crippen molar-refractivity contribution in [1.82, 2.24) is 9.62 Å². The third-order valence-corrected chi connectivity index (χ3v) is 6.03. The zero-order valence-corrected chi connectivity index (χ0v) is 13.3. The number of likely N-dealkylation sites (N-methyl/N-ethyl adjacent to an activating group) is 1. The summed E-state index contributed by atoms with van der Waals surface area (Å²) in [6, 6.07) is 4.69. The van der Waals surface area contributed by atoms with Crippen molar-refractivity contribution in [3.8, 4) is 0 Å². The average Bonchev–Trinajstić information content (AvgIpc) is 2.25. The molecule has 0 unspecified atom stereocenters. The Morgan fingerprint density at radius 2 is 2.05 bits per heavy atom. The molecule has 5 nitrogen and oxygen atoms in total. The third-order valence-electron chi connectivity index (χ3n) is 4.09. The molecule has 112 valence electrons. The number of hydrogen-bond acceptors (Lipinski definition) is 4. The molecule has 7 heteroatoms. The molecule has 1 saturated carbocycles. The number of sulfonamides is 1. The van der Waals surface area contributed by atoms with E-state index in [1.54, 1.807) is 6.07 Å². The average molecular weight is 318 g/mol. The van der Waals surface area contributed by atoms with Crippen molar-refractivity contribution in [2.45, 2.75) is 29.7 Å². The normalized spacial score (nSPS) is 18.0. The number of halogens is 1. The molecule has 1 aromatic rings. The lowest BCUT2D eigenvalue weighted by Crippen LogP contribution is -2.57. The first-order valence-corrected chi connectivity index (χ1v) is 8.36. The summed E-state index contributed by atoms with van der Waals surface area (Å²) in [7, 11) is 0.241. The van der Waals surface area contributed by atoms with Gasteiger partial charge in [-0.3, -0.25) is 0 Å². The van der Waals surface area contributed by atoms with Crippen LogP contribution in [0.5, 0.6) is 0 Å². The Morgan fingerprint density at radius 3 is 2.50 bits per heavy atom. The van der Waals surface area contributed by atoms with Gasteiger partial charge in [-0.1, -0.05) is 17.7 Å². The van der Waals surface area contributed by atoms with Crippen molar-refractivity contribution in [3.63, 3.8) is 0 Å². The van der Waals surface area contributed by atoms with Crippen molar-refractivity contribution in [2.24, 2.45) is 0 Å². The summed E-state index contributed by atoms with van der Waals surface area (Å²) in [5.74, 6) is 0. The summed E-state index contributed by atoms with van der Waals surface area (Å²) in [5.41, 5.74) is 5.81. The zero-order valence-electron chi connectivity index (χ0n) is 11.7. The van der Waals surface area contributed by atoms with Crippen molar-refractivity contribution >= 4 is 27.3 Å². The Bertz CT molecular complexity index is 577. The minimum Gasteiger partial charge on any atom is -0.398 e. The molecule has 0 amide bonds. The predicted molar refractivity (Wildman–Crippen MR) is 81.3 cm³/mol. The van der Waals surface area contributed by atoms with Crippen LogP contribution in [-0.4, -0.2) is 39.5 Å². The molecule has 1 aromatic carbocycles. The second-order valence-electron chi connectivity index (χ2n) is 5.46. The van der Waals surface area contributed by atoms with Gasteiger partial charge in [0.2, 0.25) is 10.0 Å². The molecule has 20 heavy (non-hydrogen) atoms. The van der Waals surface area contributed by atoms with Crippen molar-refractivity contribution < 1.29 is 8.42 Å². The minimum absolute atomic E-state index is 0.0325. The first-order valence-electron chi connectivity index (χ1n) is 6.50. The monoisotopic (exact) mass is 317 g/mol. The van der Waals surface area contributed by atoms with Crippen LogP contribution in [0.3, 0.4) is 0 Å². The topological polar surface area (TPSA) is 75.4 Å². The van der Waals surface area contributed by atoms with Crippen molar-refractivity contribution in [2.75, 3.05) is 26.4 Å². The Labute approximate surface area is 125 Å². The third kappa shape index (κ3) is 2.79. The van der Waals surface area contributed by atoms with Gasteiger partial charge < -0.3 is 10.6 Å². The van der Waals surface area contributed by atoms with Gasteiger partial charge in [0.25, 0.3) is 0 Å². The molecular formula is C13H20ClN3O2S. The number of nitrogens with two attached hydrogens (primary N) is 1. The molecule has 3 N–H and O–H groups in total. The van der Waals surface area contributed by atoms with Crippen molar-refractivity contribution in [1.29, 1.82) is 0 Å². The van der Waals surface area contributed by atoms with Crippen LogP contribution in [0.4, 0.5) is 5.69 Å². The molecule has 0 atom stereocenters. The van der Waals surface area contributed by atoms with Gasteiger partial charge in [-0.15, -0.1) is 0 Å². The van der Waals surface area contributed by atoms with Gasteiger partial charge in [-0.25, -0.2) is 13.1 Å². The molecular weight excluding hydrogens is 298 g/mol. The maximum Gasteiger partial charge on any atom is 0.244 e. The highest BCUT2D eigenvalue weighted by Gasteiger charge is 2.40. The second kappa shape index (κ2) is 5.52. The van der Waals surface area contributed by atoms with Gasteiger partial charge in [0, 0.05) is 12.1 Å². The summed E-state index contributed by atoms with van der Waals surface area (Å²) in [6.07, 6.45) is 3.09. The molecule has 0 bridgehead atoms. The molecule has 0 saturated heterocycles. The quantitative estimate of drug-likeness (QED) is 0.810. The van der Waals surface area contributed by atoms with E-state index in [2.05, 4.69) is 9.62 Å². The van der Waals surface area contributed by atoms with E-state index in [1.165, 1.54) is 12.1 Å². The zero-order chi connectivity index (χ0) is 15.0. The van der Waals surface area contributed by atoms with E-state index < -0.39 is 10.0 Å². The van der Waals surface area contributed by atoms with E-state index in [9.17, 15) is 8.42 Å². The van der Waals surface area contributed by atoms with E-state index in [0.29, 0.717) is 6.54 Å². The van der Waals surface area contributed by atoms with Crippen LogP contribution in [-0.2, 0) is 10.0 Å². The van der Waals surface area contributed by atoms with Crippen LogP contribution in [0.2, 0.25) is 5.02 Å². The van der Waals surface area contributed by atoms with Crippen LogP contribution in [0, 0.1) is 0 Å². The molecule has 0 heterocycles. The van der Waals surface area contributed by atoms with Crippen LogP contribution >= 0.6 is 11.6 Å². The molecule has 1 fully saturated rings. The van der Waals surface area contributed by atoms with Gasteiger partial charge in [0.15, 0.2) is 0 Å². The van der Waals surface area contributed by atoms with Gasteiger partial charge in [0.1, 0.15) is 4.90 Å². The van der Waals surface area contributed by atoms with E-state index in [0.717, 1.165) is 19.3 Å². The SMILES string of the molecule is CN(C)C1(CNS(=O)(=O)c2c(N)cccc2Cl)CCC1. The molecule has 1 aliphatic rings. The maximum absolute atomic E-state index is 12.4. The lowest BCUT2D eigenvalue weighted by atomic mass is 9.76. The Kier molecular flexibility index (Phi) is 4.30. The fourth-order valence-corrected chi connectivity index (χ4v) is 4.27. The number of rotatable bonds is 5. The summed E-state index contributed by atoms with van der Waals surface area (Å²) >= 11 is 5.96. The minimum atomic E-state index is -3.70. The standard InChI is InChI=1S/C13H20ClN3O2S/c1-17(2)13(7-4-8-13)9-16-20(18,19)12-10(14)5-3-6-11(12)15/h3,5-6,16H,4,7-9,15H2,1-2H3. The fraction of sp³-hybridized carbons (Fsp3) is 0.538. The molecule has 1 aliphatic carbocycles. The Hall–Kier alpha value is -0.820. The molecule has 0 spiro atoms. The summed E-state index contributed by atoms with van der Waals surface area (Å²) in [4.78, 5) is 2.05. The van der Waals surface area contributed by atoms with Crippen LogP contribution in [0.25, 0.3) is 0 Å². The number of hydrogen-bond donors (Lipinski definition) is 2. The lowest BCUT2D eigenvalue weighted by molar-refractivity contribution is 0.0657. The van der Waals surface area contributed by atoms with Gasteiger partial charge >= 0.3 is 0 Å². The summed E-state index contributed by atoms with van der Waals surface area (Å²) in [5, 5.41) is 0.144. The van der Waals surface area contributed by atoms with E-state index in [1.807, 2.05) is 14.1 Å². The predicted octanol–water partition coefficient (Wildman–Crippen LogP) is 1.68. The van der Waals surface area contributed by atoms with E-state index in [4.69, 9.17) is 17.3 Å². The number of nitrogens with zero attached hydrogens (tertiary/aromatic N) is 1. The molecule has 0 radical (unpaired) electrons. The van der Waals surface area contributed by atoms with Gasteiger partial charge in [-0.2, -0.15) is 0 Å². The Morgan fingerprint density at radius 1 is 1.40 bits per heavy atom. The first kappa shape index (κ1) is 15.6. The van der Waals surface area contributed by atoms with Gasteiger partial charge in [-0.05, 0) is 45.5 Å². The highest BCUT2D eigenvalue weighted by molar-refractivity contribution is 7.89. The number of nitrogen functional groups attached to an aromatic ring is 1. The molecule has 0 aliphatic heterocycles. The number of benzene rings is 1. The maximum atomic E-state index is 12.4. The molecule has 0 aromatic heterocycles. The second-order valence-corrected chi connectivity index (χ2v) is 7.57. The lowest BCUT2D eigenvalue weighted by Gasteiger charge is -2.47. The van der Waals surface area contributed by atoms with Gasteiger partial charge in [0.05, 0.1) is 10.7 Å². The number of nitrogens with one attached hydrogen (secondary N) is 1.